The highest BCUT2D eigenvalue weighted by molar-refractivity contribution is 8.00. The Morgan fingerprint density at radius 3 is 2.43 bits per heavy atom. The number of nitrogen functional groups attached to an aromatic ring is 1. The Bertz CT molecular complexity index is 319. The predicted octanol–water partition coefficient (Wildman–Crippen LogP) is 3.49. The number of anilines is 1. The van der Waals surface area contributed by atoms with Gasteiger partial charge in [0.15, 0.2) is 0 Å². The van der Waals surface area contributed by atoms with Gasteiger partial charge in [-0.25, -0.2) is 4.39 Å². The van der Waals surface area contributed by atoms with E-state index < -0.39 is 10.9 Å². The number of para-hydroxylation sites is 1. The third kappa shape index (κ3) is 2.72. The predicted molar refractivity (Wildman–Crippen MR) is 52.4 cm³/mol. The molecule has 0 saturated heterocycles. The number of alkyl halides is 4. The molecule has 1 aromatic carbocycles. The molecule has 1 atom stereocenters. The minimum absolute atomic E-state index is 0.0153. The van der Waals surface area contributed by atoms with Crippen LogP contribution < -0.4 is 5.73 Å². The van der Waals surface area contributed by atoms with Crippen LogP contribution in [0.15, 0.2) is 29.2 Å². The highest BCUT2D eigenvalue weighted by atomic mass is 35.5. The Kier molecular flexibility index (Phi) is 3.55. The Morgan fingerprint density at radius 1 is 1.36 bits per heavy atom. The molecule has 0 aliphatic heterocycles. The second-order valence-corrected chi connectivity index (χ2v) is 4.07. The summed E-state index contributed by atoms with van der Waals surface area (Å²) in [4.78, 5) is 0.112. The Morgan fingerprint density at radius 2 is 1.93 bits per heavy atom. The Hall–Kier alpha value is -0.550. The lowest BCUT2D eigenvalue weighted by atomic mass is 10.3. The number of hydrogen-bond donors (Lipinski definition) is 1. The zero-order valence-corrected chi connectivity index (χ0v) is 8.46. The van der Waals surface area contributed by atoms with Gasteiger partial charge < -0.3 is 5.73 Å². The van der Waals surface area contributed by atoms with Crippen molar-refractivity contribution in [2.24, 2.45) is 0 Å². The highest BCUT2D eigenvalue weighted by Gasteiger charge is 2.40. The third-order valence-electron chi connectivity index (χ3n) is 1.42. The molecule has 0 amide bonds. The molecule has 0 aliphatic rings. The van der Waals surface area contributed by atoms with E-state index in [4.69, 9.17) is 17.3 Å². The third-order valence-corrected chi connectivity index (χ3v) is 2.89. The number of nitrogens with two attached hydrogens (primary N) is 1. The van der Waals surface area contributed by atoms with E-state index in [1.54, 1.807) is 6.07 Å². The molecular formula is C8H7ClF3NS. The number of benzene rings is 1. The van der Waals surface area contributed by atoms with Crippen molar-refractivity contribution in [2.45, 2.75) is 15.8 Å². The van der Waals surface area contributed by atoms with Crippen molar-refractivity contribution in [2.75, 3.05) is 5.73 Å². The van der Waals surface area contributed by atoms with E-state index in [2.05, 4.69) is 0 Å². The zero-order valence-electron chi connectivity index (χ0n) is 6.88. The maximum Gasteiger partial charge on any atom is 0.342 e. The number of rotatable bonds is 3. The molecule has 6 heteroatoms. The lowest BCUT2D eigenvalue weighted by molar-refractivity contribution is 0.0537. The molecule has 0 heterocycles. The SMILES string of the molecule is Nc1ccccc1SC(F)(F)[C@H](F)Cl. The van der Waals surface area contributed by atoms with Gasteiger partial charge in [-0.05, 0) is 23.9 Å². The van der Waals surface area contributed by atoms with Gasteiger partial charge in [-0.15, -0.1) is 0 Å². The lowest BCUT2D eigenvalue weighted by Gasteiger charge is -2.16. The summed E-state index contributed by atoms with van der Waals surface area (Å²) in [6.07, 6.45) is 0. The van der Waals surface area contributed by atoms with Gasteiger partial charge in [-0.2, -0.15) is 8.78 Å². The summed E-state index contributed by atoms with van der Waals surface area (Å²) >= 11 is 4.71. The van der Waals surface area contributed by atoms with Gasteiger partial charge in [-0.1, -0.05) is 23.7 Å². The fraction of sp³-hybridized carbons (Fsp3) is 0.250. The first kappa shape index (κ1) is 11.5. The number of thioether (sulfide) groups is 1. The summed E-state index contributed by atoms with van der Waals surface area (Å²) < 4.78 is 37.9. The molecule has 14 heavy (non-hydrogen) atoms. The van der Waals surface area contributed by atoms with Crippen LogP contribution in [0.25, 0.3) is 0 Å². The van der Waals surface area contributed by atoms with E-state index in [0.717, 1.165) is 0 Å². The van der Waals surface area contributed by atoms with Crippen molar-refractivity contribution in [3.63, 3.8) is 0 Å². The number of halogens is 4. The molecule has 1 nitrogen and oxygen atoms in total. The van der Waals surface area contributed by atoms with E-state index in [9.17, 15) is 13.2 Å². The summed E-state index contributed by atoms with van der Waals surface area (Å²) in [5, 5.41) is -3.67. The van der Waals surface area contributed by atoms with Gasteiger partial charge in [0.05, 0.1) is 0 Å². The second-order valence-electron chi connectivity index (χ2n) is 2.50. The summed E-state index contributed by atoms with van der Waals surface area (Å²) in [6, 6.07) is 5.98. The van der Waals surface area contributed by atoms with Crippen molar-refractivity contribution in [3.8, 4) is 0 Å². The fourth-order valence-corrected chi connectivity index (χ4v) is 1.61. The van der Waals surface area contributed by atoms with Crippen molar-refractivity contribution in [3.05, 3.63) is 24.3 Å². The minimum Gasteiger partial charge on any atom is -0.398 e. The average Bonchev–Trinajstić information content (AvgIpc) is 2.08. The van der Waals surface area contributed by atoms with Crippen LogP contribution in [0.4, 0.5) is 18.9 Å². The molecule has 1 aromatic rings. The first-order valence-corrected chi connectivity index (χ1v) is 4.88. The standard InChI is InChI=1S/C8H7ClF3NS/c9-7(10)8(11,12)14-6-4-2-1-3-5(6)13/h1-4,7H,13H2/t7-/m0/s1. The molecule has 2 N–H and O–H groups in total. The molecule has 0 aliphatic carbocycles. The molecule has 0 spiro atoms. The van der Waals surface area contributed by atoms with E-state index >= 15 is 0 Å². The average molecular weight is 242 g/mol. The first-order chi connectivity index (χ1) is 6.43. The molecule has 0 fully saturated rings. The summed E-state index contributed by atoms with van der Waals surface area (Å²) in [6.45, 7) is 0. The van der Waals surface area contributed by atoms with E-state index in [1.165, 1.54) is 18.2 Å². The largest absolute Gasteiger partial charge is 0.398 e. The lowest BCUT2D eigenvalue weighted by Crippen LogP contribution is -2.20. The zero-order chi connectivity index (χ0) is 10.8. The molecule has 0 aromatic heterocycles. The molecule has 0 radical (unpaired) electrons. The van der Waals surface area contributed by atoms with Crippen LogP contribution >= 0.6 is 23.4 Å². The quantitative estimate of drug-likeness (QED) is 0.498. The van der Waals surface area contributed by atoms with Crippen LogP contribution in [-0.2, 0) is 0 Å². The second kappa shape index (κ2) is 4.31. The van der Waals surface area contributed by atoms with Gasteiger partial charge >= 0.3 is 5.25 Å². The van der Waals surface area contributed by atoms with E-state index in [-0.39, 0.29) is 22.3 Å². The summed E-state index contributed by atoms with van der Waals surface area (Å²) in [5.74, 6) is 0. The fourth-order valence-electron chi connectivity index (χ4n) is 0.765. The van der Waals surface area contributed by atoms with Gasteiger partial charge in [-0.3, -0.25) is 0 Å². The van der Waals surface area contributed by atoms with Gasteiger partial charge in [0.2, 0.25) is 5.63 Å². The van der Waals surface area contributed by atoms with Gasteiger partial charge in [0, 0.05) is 10.6 Å². The molecule has 0 unspecified atom stereocenters. The van der Waals surface area contributed by atoms with Crippen molar-refractivity contribution in [1.82, 2.24) is 0 Å². The van der Waals surface area contributed by atoms with Gasteiger partial charge in [0.25, 0.3) is 0 Å². The minimum atomic E-state index is -3.67. The summed E-state index contributed by atoms with van der Waals surface area (Å²) in [5.41, 5.74) is 2.85. The molecule has 78 valence electrons. The first-order valence-electron chi connectivity index (χ1n) is 3.63. The van der Waals surface area contributed by atoms with Crippen molar-refractivity contribution in [1.29, 1.82) is 0 Å². The van der Waals surface area contributed by atoms with Crippen molar-refractivity contribution < 1.29 is 13.2 Å². The molecule has 0 saturated carbocycles. The maximum atomic E-state index is 12.8. The van der Waals surface area contributed by atoms with Crippen LogP contribution in [0.5, 0.6) is 0 Å². The number of hydrogen-bond acceptors (Lipinski definition) is 2. The smallest absolute Gasteiger partial charge is 0.342 e. The van der Waals surface area contributed by atoms with Crippen LogP contribution in [0.3, 0.4) is 0 Å². The normalized spacial score (nSPS) is 14.0. The monoisotopic (exact) mass is 241 g/mol. The van der Waals surface area contributed by atoms with Crippen LogP contribution in [-0.4, -0.2) is 10.9 Å². The van der Waals surface area contributed by atoms with E-state index in [0.29, 0.717) is 0 Å². The highest BCUT2D eigenvalue weighted by Crippen LogP contribution is 2.42. The van der Waals surface area contributed by atoms with Crippen LogP contribution in [0, 0.1) is 0 Å². The Balaban J connectivity index is 2.84. The topological polar surface area (TPSA) is 26.0 Å². The van der Waals surface area contributed by atoms with Crippen molar-refractivity contribution >= 4 is 29.1 Å². The molecule has 0 bridgehead atoms. The van der Waals surface area contributed by atoms with Gasteiger partial charge in [0.1, 0.15) is 0 Å². The van der Waals surface area contributed by atoms with Crippen LogP contribution in [0.2, 0.25) is 0 Å². The molecular weight excluding hydrogens is 235 g/mol. The van der Waals surface area contributed by atoms with E-state index in [1.807, 2.05) is 0 Å². The van der Waals surface area contributed by atoms with Crippen LogP contribution in [0.1, 0.15) is 0 Å². The maximum absolute atomic E-state index is 12.8. The Labute approximate surface area is 88.4 Å². The summed E-state index contributed by atoms with van der Waals surface area (Å²) in [7, 11) is 0. The molecule has 1 rings (SSSR count).